The lowest BCUT2D eigenvalue weighted by molar-refractivity contribution is 0.482. The highest BCUT2D eigenvalue weighted by molar-refractivity contribution is 7.87. The fourth-order valence-corrected chi connectivity index (χ4v) is 15.7. The quantitative estimate of drug-likeness (QED) is 0.532. The minimum Gasteiger partial charge on any atom is -0.282 e. The summed E-state index contributed by atoms with van der Waals surface area (Å²) in [5, 5.41) is 1.06. The molecule has 5 heteroatoms. The van der Waals surface area contributed by atoms with Crippen LogP contribution in [0.1, 0.15) is 73.4 Å². The molecule has 3 nitrogen and oxygen atoms in total. The van der Waals surface area contributed by atoms with Crippen molar-refractivity contribution in [3.8, 4) is 0 Å². The van der Waals surface area contributed by atoms with E-state index in [0.717, 1.165) is 10.9 Å². The third-order valence-electron chi connectivity index (χ3n) is 5.22. The van der Waals surface area contributed by atoms with E-state index in [-0.39, 0.29) is 20.4 Å². The fraction of sp³-hybridized carbons (Fsp3) is 0.700. The Hall–Kier alpha value is -0.440. The van der Waals surface area contributed by atoms with E-state index in [1.165, 1.54) is 6.07 Å². The van der Waals surface area contributed by atoms with Crippen molar-refractivity contribution in [1.29, 1.82) is 0 Å². The molecule has 1 aromatic carbocycles. The summed E-state index contributed by atoms with van der Waals surface area (Å²) in [7, 11) is -6.20. The molecule has 0 saturated heterocycles. The minimum atomic E-state index is -4.25. The Morgan fingerprint density at radius 2 is 1.16 bits per heavy atom. The summed E-state index contributed by atoms with van der Waals surface area (Å²) in [6, 6.07) is 3.38. The summed E-state index contributed by atoms with van der Waals surface area (Å²) < 4.78 is 33.7. The van der Waals surface area contributed by atoms with Gasteiger partial charge in [-0.05, 0) is 87.8 Å². The van der Waals surface area contributed by atoms with Gasteiger partial charge in [0.1, 0.15) is 10.2 Å². The molecular formula is C20H36O3PS+. The normalized spacial score (nSPS) is 14.7. The van der Waals surface area contributed by atoms with E-state index in [2.05, 4.69) is 69.2 Å². The second kappa shape index (κ2) is 6.32. The molecule has 1 rings (SSSR count). The first-order valence-electron chi connectivity index (χ1n) is 8.78. The monoisotopic (exact) mass is 387 g/mol. The van der Waals surface area contributed by atoms with Crippen molar-refractivity contribution in [3.05, 3.63) is 23.3 Å². The Kier molecular flexibility index (Phi) is 5.71. The molecule has 0 atom stereocenters. The highest BCUT2D eigenvalue weighted by Gasteiger charge is 2.67. The van der Waals surface area contributed by atoms with Gasteiger partial charge < -0.3 is 0 Å². The van der Waals surface area contributed by atoms with Crippen LogP contribution < -0.4 is 5.30 Å². The van der Waals surface area contributed by atoms with Crippen molar-refractivity contribution < 1.29 is 13.0 Å². The number of benzene rings is 1. The molecule has 0 aliphatic rings. The Bertz CT molecular complexity index is 722. The average molecular weight is 388 g/mol. The van der Waals surface area contributed by atoms with Gasteiger partial charge >= 0.3 is 0 Å². The van der Waals surface area contributed by atoms with Crippen LogP contribution in [0.25, 0.3) is 0 Å². The number of rotatable bonds is 2. The van der Waals surface area contributed by atoms with E-state index in [1.54, 1.807) is 0 Å². The van der Waals surface area contributed by atoms with E-state index in [1.807, 2.05) is 13.0 Å². The van der Waals surface area contributed by atoms with Gasteiger partial charge in [-0.2, -0.15) is 8.42 Å². The highest BCUT2D eigenvalue weighted by atomic mass is 32.2. The maximum atomic E-state index is 12.0. The molecule has 0 bridgehead atoms. The van der Waals surface area contributed by atoms with Crippen molar-refractivity contribution in [1.82, 2.24) is 0 Å². The minimum absolute atomic E-state index is 0.0309. The van der Waals surface area contributed by atoms with Crippen molar-refractivity contribution in [2.75, 3.05) is 0 Å². The third kappa shape index (κ3) is 3.55. The van der Waals surface area contributed by atoms with Gasteiger partial charge in [0.2, 0.25) is 0 Å². The Morgan fingerprint density at radius 1 is 0.800 bits per heavy atom. The molecule has 0 heterocycles. The number of hydrogen-bond donors (Lipinski definition) is 1. The fourth-order valence-electron chi connectivity index (χ4n) is 5.64. The first-order chi connectivity index (χ1) is 10.8. The molecule has 0 aliphatic carbocycles. The maximum absolute atomic E-state index is 12.0. The summed E-state index contributed by atoms with van der Waals surface area (Å²) in [5.74, 6) is 0. The van der Waals surface area contributed by atoms with Crippen LogP contribution in [-0.4, -0.2) is 28.4 Å². The lowest BCUT2D eigenvalue weighted by Gasteiger charge is -2.55. The Morgan fingerprint density at radius 3 is 1.44 bits per heavy atom. The SMILES string of the molecule is Cc1ccc(S(=O)(=O)O)c(C)c1[P+](C(C)(C)C)(C(C)(C)C)C(C)(C)C. The molecule has 0 aromatic heterocycles. The summed E-state index contributed by atoms with van der Waals surface area (Å²) >= 11 is 0. The molecule has 1 aromatic rings. The summed E-state index contributed by atoms with van der Waals surface area (Å²) in [6.07, 6.45) is 0. The molecular weight excluding hydrogens is 351 g/mol. The molecule has 144 valence electrons. The predicted octanol–water partition coefficient (Wildman–Crippen LogP) is 5.59. The van der Waals surface area contributed by atoms with E-state index in [0.29, 0.717) is 5.56 Å². The zero-order valence-electron chi connectivity index (χ0n) is 17.8. The van der Waals surface area contributed by atoms with E-state index in [4.69, 9.17) is 0 Å². The second-order valence-corrected chi connectivity index (χ2v) is 17.2. The maximum Gasteiger partial charge on any atom is 0.294 e. The first-order valence-corrected chi connectivity index (χ1v) is 12.0. The van der Waals surface area contributed by atoms with Crippen LogP contribution in [0.2, 0.25) is 0 Å². The van der Waals surface area contributed by atoms with Crippen molar-refractivity contribution in [2.24, 2.45) is 0 Å². The lowest BCUT2D eigenvalue weighted by atomic mass is 10.1. The van der Waals surface area contributed by atoms with Gasteiger partial charge in [-0.25, -0.2) is 0 Å². The van der Waals surface area contributed by atoms with Crippen molar-refractivity contribution >= 4 is 22.7 Å². The topological polar surface area (TPSA) is 54.4 Å². The van der Waals surface area contributed by atoms with E-state index < -0.39 is 17.4 Å². The van der Waals surface area contributed by atoms with Gasteiger partial charge in [-0.15, -0.1) is 0 Å². The number of aryl methyl sites for hydroxylation is 1. The summed E-state index contributed by atoms with van der Waals surface area (Å²) in [6.45, 7) is 24.4. The number of hydrogen-bond acceptors (Lipinski definition) is 2. The molecule has 1 N–H and O–H groups in total. The standard InChI is InChI=1S/C20H35O3PS/c1-14-12-13-16(25(21,22)23)15(2)17(14)24(18(3,4)5,19(6,7)8)20(9,10)11/h12-13H,1-11H3/p+1. The molecule has 0 saturated carbocycles. The molecule has 25 heavy (non-hydrogen) atoms. The van der Waals surface area contributed by atoms with Crippen LogP contribution in [0.5, 0.6) is 0 Å². The zero-order chi connectivity index (χ0) is 20.2. The van der Waals surface area contributed by atoms with Gasteiger partial charge in [-0.3, -0.25) is 4.55 Å². The Balaban J connectivity index is 4.27. The van der Waals surface area contributed by atoms with Gasteiger partial charge in [0.25, 0.3) is 10.1 Å². The van der Waals surface area contributed by atoms with Crippen LogP contribution in [0.4, 0.5) is 0 Å². The zero-order valence-corrected chi connectivity index (χ0v) is 19.5. The van der Waals surface area contributed by atoms with Gasteiger partial charge in [0, 0.05) is 5.56 Å². The highest BCUT2D eigenvalue weighted by Crippen LogP contribution is 2.82. The van der Waals surface area contributed by atoms with E-state index >= 15 is 0 Å². The van der Waals surface area contributed by atoms with Crippen LogP contribution in [0.3, 0.4) is 0 Å². The van der Waals surface area contributed by atoms with Crippen LogP contribution in [0.15, 0.2) is 17.0 Å². The second-order valence-electron chi connectivity index (χ2n) is 10.0. The van der Waals surface area contributed by atoms with Crippen LogP contribution >= 0.6 is 7.26 Å². The largest absolute Gasteiger partial charge is 0.294 e. The van der Waals surface area contributed by atoms with Gasteiger partial charge in [0.15, 0.2) is 0 Å². The van der Waals surface area contributed by atoms with Gasteiger partial charge in [0.05, 0.1) is 22.7 Å². The molecule has 0 spiro atoms. The van der Waals surface area contributed by atoms with Crippen LogP contribution in [-0.2, 0) is 10.1 Å². The molecule has 0 fully saturated rings. The van der Waals surface area contributed by atoms with Crippen molar-refractivity contribution in [2.45, 2.75) is 96.5 Å². The third-order valence-corrected chi connectivity index (χ3v) is 13.6. The summed E-state index contributed by atoms with van der Waals surface area (Å²) in [5.41, 5.74) is 1.81. The smallest absolute Gasteiger partial charge is 0.282 e. The van der Waals surface area contributed by atoms with Crippen molar-refractivity contribution in [3.63, 3.8) is 0 Å². The lowest BCUT2D eigenvalue weighted by Crippen LogP contribution is -2.50. The summed E-state index contributed by atoms with van der Waals surface area (Å²) in [4.78, 5) is 0.0372. The predicted molar refractivity (Wildman–Crippen MR) is 112 cm³/mol. The first kappa shape index (κ1) is 22.6. The van der Waals surface area contributed by atoms with Gasteiger partial charge in [-0.1, -0.05) is 6.07 Å². The Labute approximate surface area is 155 Å². The van der Waals surface area contributed by atoms with Crippen LogP contribution in [0, 0.1) is 13.8 Å². The van der Waals surface area contributed by atoms with E-state index in [9.17, 15) is 13.0 Å². The average Bonchev–Trinajstić information content (AvgIpc) is 2.26. The molecule has 0 amide bonds. The molecule has 0 aliphatic heterocycles. The molecule has 0 unspecified atom stereocenters. The molecule has 0 radical (unpaired) electrons.